The Morgan fingerprint density at radius 2 is 1.95 bits per heavy atom. The first-order valence-corrected chi connectivity index (χ1v) is 6.79. The van der Waals surface area contributed by atoms with Crippen molar-refractivity contribution >= 4 is 21.6 Å². The van der Waals surface area contributed by atoms with E-state index in [-0.39, 0.29) is 12.6 Å². The molecule has 2 aromatic rings. The molecule has 0 bridgehead atoms. The number of benzene rings is 2. The molecule has 2 N–H and O–H groups in total. The van der Waals surface area contributed by atoms with Gasteiger partial charge in [-0.05, 0) is 30.3 Å². The lowest BCUT2D eigenvalue weighted by molar-refractivity contribution is 0.273. The number of rotatable bonds is 5. The molecule has 100 valence electrons. The van der Waals surface area contributed by atoms with Gasteiger partial charge in [-0.2, -0.15) is 0 Å². The largest absolute Gasteiger partial charge is 0.496 e. The average molecular weight is 322 g/mol. The van der Waals surface area contributed by atoms with Gasteiger partial charge in [0.2, 0.25) is 0 Å². The summed E-state index contributed by atoms with van der Waals surface area (Å²) in [4.78, 5) is 0. The maximum atomic E-state index is 9.62. The summed E-state index contributed by atoms with van der Waals surface area (Å²) in [6.07, 6.45) is 0. The number of nitrogens with one attached hydrogen (secondary N) is 1. The van der Waals surface area contributed by atoms with Crippen LogP contribution in [0.4, 0.5) is 5.69 Å². The number of aliphatic hydroxyl groups excluding tert-OH is 1. The van der Waals surface area contributed by atoms with Crippen LogP contribution in [-0.2, 0) is 0 Å². The van der Waals surface area contributed by atoms with Gasteiger partial charge in [-0.25, -0.2) is 0 Å². The molecule has 0 saturated heterocycles. The third-order valence-corrected chi connectivity index (χ3v) is 3.36. The minimum atomic E-state index is -0.213. The Morgan fingerprint density at radius 3 is 2.58 bits per heavy atom. The molecule has 1 atom stereocenters. The minimum absolute atomic E-state index is 0.0122. The summed E-state index contributed by atoms with van der Waals surface area (Å²) in [6, 6.07) is 15.3. The third kappa shape index (κ3) is 3.49. The van der Waals surface area contributed by atoms with Crippen molar-refractivity contribution in [2.24, 2.45) is 0 Å². The highest BCUT2D eigenvalue weighted by molar-refractivity contribution is 9.10. The third-order valence-electron chi connectivity index (χ3n) is 2.86. The van der Waals surface area contributed by atoms with Crippen molar-refractivity contribution < 1.29 is 9.84 Å². The van der Waals surface area contributed by atoms with Crippen LogP contribution < -0.4 is 10.1 Å². The van der Waals surface area contributed by atoms with E-state index in [0.29, 0.717) is 0 Å². The maximum absolute atomic E-state index is 9.62. The van der Waals surface area contributed by atoms with Gasteiger partial charge in [0.25, 0.3) is 0 Å². The fraction of sp³-hybridized carbons (Fsp3) is 0.200. The topological polar surface area (TPSA) is 41.5 Å². The Kier molecular flexibility index (Phi) is 4.82. The predicted molar refractivity (Wildman–Crippen MR) is 80.6 cm³/mol. The smallest absolute Gasteiger partial charge is 0.124 e. The summed E-state index contributed by atoms with van der Waals surface area (Å²) < 4.78 is 6.30. The van der Waals surface area contributed by atoms with Gasteiger partial charge >= 0.3 is 0 Å². The lowest BCUT2D eigenvalue weighted by Crippen LogP contribution is -2.15. The van der Waals surface area contributed by atoms with Crippen molar-refractivity contribution in [1.82, 2.24) is 0 Å². The number of methoxy groups -OCH3 is 1. The van der Waals surface area contributed by atoms with Gasteiger partial charge < -0.3 is 15.2 Å². The molecule has 1 unspecified atom stereocenters. The SMILES string of the molecule is COc1ccc(Br)cc1C(CO)Nc1ccccc1. The molecule has 19 heavy (non-hydrogen) atoms. The lowest BCUT2D eigenvalue weighted by atomic mass is 10.1. The Morgan fingerprint density at radius 1 is 1.21 bits per heavy atom. The van der Waals surface area contributed by atoms with E-state index in [0.717, 1.165) is 21.5 Å². The van der Waals surface area contributed by atoms with Crippen molar-refractivity contribution in [3.8, 4) is 5.75 Å². The normalized spacial score (nSPS) is 11.9. The minimum Gasteiger partial charge on any atom is -0.496 e. The fourth-order valence-electron chi connectivity index (χ4n) is 1.93. The molecule has 0 radical (unpaired) electrons. The average Bonchev–Trinajstić information content (AvgIpc) is 2.46. The number of hydrogen-bond donors (Lipinski definition) is 2. The van der Waals surface area contributed by atoms with Gasteiger partial charge in [0.05, 0.1) is 19.8 Å². The van der Waals surface area contributed by atoms with E-state index in [4.69, 9.17) is 4.74 Å². The van der Waals surface area contributed by atoms with Crippen LogP contribution in [-0.4, -0.2) is 18.8 Å². The second kappa shape index (κ2) is 6.59. The van der Waals surface area contributed by atoms with Crippen LogP contribution in [0.2, 0.25) is 0 Å². The van der Waals surface area contributed by atoms with Crippen molar-refractivity contribution in [1.29, 1.82) is 0 Å². The van der Waals surface area contributed by atoms with Crippen molar-refractivity contribution in [2.45, 2.75) is 6.04 Å². The Labute approximate surface area is 121 Å². The zero-order valence-corrected chi connectivity index (χ0v) is 12.2. The molecule has 0 heterocycles. The number of ether oxygens (including phenoxy) is 1. The summed E-state index contributed by atoms with van der Waals surface area (Å²) in [5.41, 5.74) is 1.88. The van der Waals surface area contributed by atoms with Gasteiger partial charge in [-0.15, -0.1) is 0 Å². The molecule has 4 heteroatoms. The predicted octanol–water partition coefficient (Wildman–Crippen LogP) is 3.60. The first-order valence-electron chi connectivity index (χ1n) is 6.00. The molecule has 3 nitrogen and oxygen atoms in total. The molecule has 0 aromatic heterocycles. The number of anilines is 1. The van der Waals surface area contributed by atoms with Crippen LogP contribution in [0, 0.1) is 0 Å². The van der Waals surface area contributed by atoms with Gasteiger partial charge in [0.1, 0.15) is 5.75 Å². The molecular formula is C15H16BrNO2. The van der Waals surface area contributed by atoms with Crippen LogP contribution in [0.1, 0.15) is 11.6 Å². The van der Waals surface area contributed by atoms with Crippen LogP contribution in [0.5, 0.6) is 5.75 Å². The Hall–Kier alpha value is -1.52. The van der Waals surface area contributed by atoms with Crippen molar-refractivity contribution in [3.05, 3.63) is 58.6 Å². The van der Waals surface area contributed by atoms with E-state index in [1.807, 2.05) is 48.5 Å². The van der Waals surface area contributed by atoms with Crippen LogP contribution in [0.15, 0.2) is 53.0 Å². The lowest BCUT2D eigenvalue weighted by Gasteiger charge is -2.20. The first kappa shape index (κ1) is 13.9. The van der Waals surface area contributed by atoms with Gasteiger partial charge in [0.15, 0.2) is 0 Å². The Bertz CT molecular complexity index is 531. The van der Waals surface area contributed by atoms with Crippen LogP contribution in [0.3, 0.4) is 0 Å². The molecule has 2 aromatic carbocycles. The highest BCUT2D eigenvalue weighted by Gasteiger charge is 2.15. The van der Waals surface area contributed by atoms with E-state index in [1.165, 1.54) is 0 Å². The van der Waals surface area contributed by atoms with E-state index in [2.05, 4.69) is 21.2 Å². The first-order chi connectivity index (χ1) is 9.24. The van der Waals surface area contributed by atoms with E-state index >= 15 is 0 Å². The summed E-state index contributed by atoms with van der Waals surface area (Å²) in [5, 5.41) is 12.9. The van der Waals surface area contributed by atoms with Crippen LogP contribution >= 0.6 is 15.9 Å². The van der Waals surface area contributed by atoms with Crippen molar-refractivity contribution in [3.63, 3.8) is 0 Å². The van der Waals surface area contributed by atoms with E-state index in [1.54, 1.807) is 7.11 Å². The molecule has 0 amide bonds. The monoisotopic (exact) mass is 321 g/mol. The zero-order chi connectivity index (χ0) is 13.7. The molecule has 0 fully saturated rings. The summed E-state index contributed by atoms with van der Waals surface area (Å²) >= 11 is 3.44. The summed E-state index contributed by atoms with van der Waals surface area (Å²) in [7, 11) is 1.63. The standard InChI is InChI=1S/C15H16BrNO2/c1-19-15-8-7-11(16)9-13(15)14(10-18)17-12-5-3-2-4-6-12/h2-9,14,17-18H,10H2,1H3. The molecule has 2 rings (SSSR count). The van der Waals surface area contributed by atoms with Crippen LogP contribution in [0.25, 0.3) is 0 Å². The van der Waals surface area contributed by atoms with Crippen molar-refractivity contribution in [2.75, 3.05) is 19.0 Å². The number of para-hydroxylation sites is 1. The quantitative estimate of drug-likeness (QED) is 0.884. The van der Waals surface area contributed by atoms with E-state index < -0.39 is 0 Å². The number of halogens is 1. The fourth-order valence-corrected chi connectivity index (χ4v) is 2.31. The van der Waals surface area contributed by atoms with E-state index in [9.17, 15) is 5.11 Å². The van der Waals surface area contributed by atoms with Gasteiger partial charge in [-0.3, -0.25) is 0 Å². The second-order valence-electron chi connectivity index (χ2n) is 4.13. The highest BCUT2D eigenvalue weighted by Crippen LogP contribution is 2.30. The zero-order valence-electron chi connectivity index (χ0n) is 10.6. The maximum Gasteiger partial charge on any atom is 0.124 e. The second-order valence-corrected chi connectivity index (χ2v) is 5.05. The Balaban J connectivity index is 2.29. The van der Waals surface area contributed by atoms with Gasteiger partial charge in [0, 0.05) is 15.7 Å². The summed E-state index contributed by atoms with van der Waals surface area (Å²) in [5.74, 6) is 0.755. The molecular weight excluding hydrogens is 306 g/mol. The molecule has 0 spiro atoms. The summed E-state index contributed by atoms with van der Waals surface area (Å²) in [6.45, 7) is -0.0122. The molecule has 0 aliphatic carbocycles. The molecule has 0 aliphatic heterocycles. The number of aliphatic hydroxyl groups is 1. The highest BCUT2D eigenvalue weighted by atomic mass is 79.9. The molecule has 0 saturated carbocycles. The number of hydrogen-bond acceptors (Lipinski definition) is 3. The molecule has 0 aliphatic rings. The van der Waals surface area contributed by atoms with Gasteiger partial charge in [-0.1, -0.05) is 34.1 Å².